The quantitative estimate of drug-likeness (QED) is 0.880. The first kappa shape index (κ1) is 14.1. The van der Waals surface area contributed by atoms with Crippen molar-refractivity contribution in [2.75, 3.05) is 11.9 Å². The van der Waals surface area contributed by atoms with Gasteiger partial charge in [-0.05, 0) is 38.0 Å². The molecule has 21 heavy (non-hydrogen) atoms. The van der Waals surface area contributed by atoms with Gasteiger partial charge in [0.25, 0.3) is 0 Å². The maximum Gasteiger partial charge on any atom is 0.146 e. The molecule has 0 saturated heterocycles. The van der Waals surface area contributed by atoms with Crippen molar-refractivity contribution < 1.29 is 8.81 Å². The molecule has 0 aliphatic heterocycles. The Kier molecular flexibility index (Phi) is 3.97. The third-order valence-electron chi connectivity index (χ3n) is 3.89. The number of halogens is 1. The smallest absolute Gasteiger partial charge is 0.146 e. The summed E-state index contributed by atoms with van der Waals surface area (Å²) in [6.07, 6.45) is 2.56. The van der Waals surface area contributed by atoms with Gasteiger partial charge < -0.3 is 14.6 Å². The standard InChI is InChI=1S/C17H21FN2O/c1-12-13(10-19-14-7-8-14)9-15(21-12)11-20(2)17-6-4-3-5-16(17)18/h3-6,9,14,19H,7-8,10-11H2,1-2H3. The summed E-state index contributed by atoms with van der Waals surface area (Å²) in [5, 5.41) is 3.49. The van der Waals surface area contributed by atoms with Crippen molar-refractivity contribution in [1.29, 1.82) is 0 Å². The Morgan fingerprint density at radius 2 is 2.10 bits per heavy atom. The SMILES string of the molecule is Cc1oc(CN(C)c2ccccc2F)cc1CNC1CC1. The third-order valence-corrected chi connectivity index (χ3v) is 3.89. The van der Waals surface area contributed by atoms with E-state index in [2.05, 4.69) is 11.4 Å². The molecule has 1 aliphatic carbocycles. The second kappa shape index (κ2) is 5.90. The monoisotopic (exact) mass is 288 g/mol. The second-order valence-electron chi connectivity index (χ2n) is 5.76. The molecule has 0 atom stereocenters. The van der Waals surface area contributed by atoms with Gasteiger partial charge in [-0.2, -0.15) is 0 Å². The van der Waals surface area contributed by atoms with E-state index in [0.29, 0.717) is 18.3 Å². The summed E-state index contributed by atoms with van der Waals surface area (Å²) in [5.74, 6) is 1.60. The van der Waals surface area contributed by atoms with Crippen LogP contribution >= 0.6 is 0 Å². The van der Waals surface area contributed by atoms with Crippen molar-refractivity contribution in [1.82, 2.24) is 5.32 Å². The van der Waals surface area contributed by atoms with Crippen LogP contribution in [0.15, 0.2) is 34.7 Å². The van der Waals surface area contributed by atoms with E-state index in [1.165, 1.54) is 24.5 Å². The summed E-state index contributed by atoms with van der Waals surface area (Å²) in [4.78, 5) is 1.87. The van der Waals surface area contributed by atoms with E-state index >= 15 is 0 Å². The summed E-state index contributed by atoms with van der Waals surface area (Å²) < 4.78 is 19.6. The minimum atomic E-state index is -0.209. The molecule has 3 rings (SSSR count). The lowest BCUT2D eigenvalue weighted by atomic mass is 10.2. The highest BCUT2D eigenvalue weighted by atomic mass is 19.1. The molecule has 1 aromatic carbocycles. The second-order valence-corrected chi connectivity index (χ2v) is 5.76. The number of furan rings is 1. The van der Waals surface area contributed by atoms with Crippen LogP contribution in [0.1, 0.15) is 29.9 Å². The maximum absolute atomic E-state index is 13.8. The summed E-state index contributed by atoms with van der Waals surface area (Å²) in [6, 6.07) is 9.55. The number of rotatable bonds is 6. The normalized spacial score (nSPS) is 14.4. The van der Waals surface area contributed by atoms with E-state index in [9.17, 15) is 4.39 Å². The van der Waals surface area contributed by atoms with Gasteiger partial charge in [0.05, 0.1) is 12.2 Å². The van der Waals surface area contributed by atoms with Crippen molar-refractivity contribution in [3.8, 4) is 0 Å². The molecule has 1 heterocycles. The van der Waals surface area contributed by atoms with Crippen LogP contribution in [-0.2, 0) is 13.1 Å². The molecule has 0 amide bonds. The zero-order chi connectivity index (χ0) is 14.8. The van der Waals surface area contributed by atoms with Gasteiger partial charge in [-0.3, -0.25) is 0 Å². The molecular formula is C17H21FN2O. The molecule has 1 N–H and O–H groups in total. The Morgan fingerprint density at radius 3 is 2.81 bits per heavy atom. The highest BCUT2D eigenvalue weighted by molar-refractivity contribution is 5.47. The van der Waals surface area contributed by atoms with Crippen LogP contribution in [0.5, 0.6) is 0 Å². The lowest BCUT2D eigenvalue weighted by molar-refractivity contribution is 0.476. The summed E-state index contributed by atoms with van der Waals surface area (Å²) in [6.45, 7) is 3.39. The van der Waals surface area contributed by atoms with Crippen molar-refractivity contribution in [2.24, 2.45) is 0 Å². The van der Waals surface area contributed by atoms with Crippen LogP contribution in [-0.4, -0.2) is 13.1 Å². The van der Waals surface area contributed by atoms with Gasteiger partial charge in [-0.15, -0.1) is 0 Å². The molecule has 2 aromatic rings. The molecule has 1 aliphatic rings. The highest BCUT2D eigenvalue weighted by Gasteiger charge is 2.21. The average Bonchev–Trinajstić information content (AvgIpc) is 3.21. The van der Waals surface area contributed by atoms with E-state index in [-0.39, 0.29) is 5.82 Å². The number of benzene rings is 1. The van der Waals surface area contributed by atoms with Gasteiger partial charge in [-0.1, -0.05) is 12.1 Å². The molecule has 1 aromatic heterocycles. The Hall–Kier alpha value is -1.81. The zero-order valence-electron chi connectivity index (χ0n) is 12.5. The first-order chi connectivity index (χ1) is 10.1. The third kappa shape index (κ3) is 3.45. The predicted octanol–water partition coefficient (Wildman–Crippen LogP) is 3.62. The minimum absolute atomic E-state index is 0.209. The van der Waals surface area contributed by atoms with Crippen LogP contribution < -0.4 is 10.2 Å². The highest BCUT2D eigenvalue weighted by Crippen LogP contribution is 2.23. The Morgan fingerprint density at radius 1 is 1.33 bits per heavy atom. The molecule has 0 radical (unpaired) electrons. The number of para-hydroxylation sites is 1. The van der Waals surface area contributed by atoms with Crippen molar-refractivity contribution >= 4 is 5.69 Å². The Labute approximate surface area is 124 Å². The predicted molar refractivity (Wildman–Crippen MR) is 81.8 cm³/mol. The van der Waals surface area contributed by atoms with Gasteiger partial charge in [0.2, 0.25) is 0 Å². The summed E-state index contributed by atoms with van der Waals surface area (Å²) in [5.41, 5.74) is 1.78. The molecule has 1 saturated carbocycles. The molecule has 0 spiro atoms. The number of nitrogens with zero attached hydrogens (tertiary/aromatic N) is 1. The van der Waals surface area contributed by atoms with Gasteiger partial charge in [0, 0.05) is 25.2 Å². The summed E-state index contributed by atoms with van der Waals surface area (Å²) >= 11 is 0. The molecular weight excluding hydrogens is 267 g/mol. The van der Waals surface area contributed by atoms with Crippen molar-refractivity contribution in [3.05, 3.63) is 53.2 Å². The number of hydrogen-bond acceptors (Lipinski definition) is 3. The van der Waals surface area contributed by atoms with Gasteiger partial charge >= 0.3 is 0 Å². The lowest BCUT2D eigenvalue weighted by Gasteiger charge is -2.18. The van der Waals surface area contributed by atoms with Crippen LogP contribution in [0.3, 0.4) is 0 Å². The fraction of sp³-hybridized carbons (Fsp3) is 0.412. The van der Waals surface area contributed by atoms with Crippen LogP contribution in [0.25, 0.3) is 0 Å². The van der Waals surface area contributed by atoms with E-state index < -0.39 is 0 Å². The van der Waals surface area contributed by atoms with Crippen molar-refractivity contribution in [2.45, 2.75) is 38.9 Å². The van der Waals surface area contributed by atoms with E-state index in [1.54, 1.807) is 12.1 Å². The van der Waals surface area contributed by atoms with Gasteiger partial charge in [0.1, 0.15) is 17.3 Å². The van der Waals surface area contributed by atoms with Crippen molar-refractivity contribution in [3.63, 3.8) is 0 Å². The first-order valence-corrected chi connectivity index (χ1v) is 7.40. The molecule has 112 valence electrons. The Bertz CT molecular complexity index is 619. The molecule has 1 fully saturated rings. The Balaban J connectivity index is 1.66. The van der Waals surface area contributed by atoms with Gasteiger partial charge in [-0.25, -0.2) is 4.39 Å². The van der Waals surface area contributed by atoms with E-state index in [0.717, 1.165) is 18.1 Å². The topological polar surface area (TPSA) is 28.4 Å². The van der Waals surface area contributed by atoms with E-state index in [4.69, 9.17) is 4.42 Å². The largest absolute Gasteiger partial charge is 0.464 e. The fourth-order valence-corrected chi connectivity index (χ4v) is 2.46. The molecule has 4 heteroatoms. The summed E-state index contributed by atoms with van der Waals surface area (Å²) in [7, 11) is 1.87. The molecule has 0 bridgehead atoms. The number of hydrogen-bond donors (Lipinski definition) is 1. The van der Waals surface area contributed by atoms with Crippen LogP contribution in [0, 0.1) is 12.7 Å². The number of aryl methyl sites for hydroxylation is 1. The fourth-order valence-electron chi connectivity index (χ4n) is 2.46. The molecule has 3 nitrogen and oxygen atoms in total. The average molecular weight is 288 g/mol. The van der Waals surface area contributed by atoms with Crippen LogP contribution in [0.2, 0.25) is 0 Å². The number of anilines is 1. The van der Waals surface area contributed by atoms with Gasteiger partial charge in [0.15, 0.2) is 0 Å². The number of nitrogens with one attached hydrogen (secondary N) is 1. The lowest BCUT2D eigenvalue weighted by Crippen LogP contribution is -2.17. The van der Waals surface area contributed by atoms with E-state index in [1.807, 2.05) is 24.9 Å². The maximum atomic E-state index is 13.8. The molecule has 0 unspecified atom stereocenters. The van der Waals surface area contributed by atoms with Crippen LogP contribution in [0.4, 0.5) is 10.1 Å². The zero-order valence-corrected chi connectivity index (χ0v) is 12.5. The minimum Gasteiger partial charge on any atom is -0.464 e. The first-order valence-electron chi connectivity index (χ1n) is 7.40.